The van der Waals surface area contributed by atoms with Crippen molar-refractivity contribution in [2.75, 3.05) is 13.1 Å². The molecule has 0 saturated carbocycles. The van der Waals surface area contributed by atoms with E-state index in [0.29, 0.717) is 41.9 Å². The Balaban J connectivity index is 1.32. The van der Waals surface area contributed by atoms with E-state index in [1.165, 1.54) is 0 Å². The molecule has 1 fully saturated rings. The Bertz CT molecular complexity index is 1150. The van der Waals surface area contributed by atoms with E-state index < -0.39 is 10.0 Å². The second-order valence-corrected chi connectivity index (χ2v) is 8.27. The van der Waals surface area contributed by atoms with E-state index in [2.05, 4.69) is 24.5 Å². The van der Waals surface area contributed by atoms with Crippen molar-refractivity contribution in [1.82, 2.24) is 25.0 Å². The molecule has 9 nitrogen and oxygen atoms in total. The first-order valence-electron chi connectivity index (χ1n) is 8.91. The molecule has 0 aliphatic carbocycles. The molecule has 142 valence electrons. The maximum Gasteiger partial charge on any atom is 0.285 e. The molecule has 0 atom stereocenters. The molecule has 0 unspecified atom stereocenters. The first-order valence-corrected chi connectivity index (χ1v) is 10.4. The zero-order chi connectivity index (χ0) is 19.1. The van der Waals surface area contributed by atoms with Gasteiger partial charge in [0.25, 0.3) is 10.0 Å². The number of rotatable bonds is 2. The molecule has 3 aromatic rings. The molecular formula is C18H16N6O3S. The summed E-state index contributed by atoms with van der Waals surface area (Å²) in [5, 5.41) is 4.00. The second-order valence-electron chi connectivity index (χ2n) is 6.69. The number of piperidine rings is 1. The van der Waals surface area contributed by atoms with Crippen molar-refractivity contribution in [3.63, 3.8) is 0 Å². The molecule has 10 heteroatoms. The molecular weight excluding hydrogens is 380 g/mol. The normalized spacial score (nSPS) is 18.7. The largest absolute Gasteiger partial charge is 0.355 e. The Kier molecular flexibility index (Phi) is 3.93. The quantitative estimate of drug-likeness (QED) is 0.645. The molecule has 5 rings (SSSR count). The van der Waals surface area contributed by atoms with E-state index in [1.807, 2.05) is 11.0 Å². The number of hydrogen-bond acceptors (Lipinski definition) is 8. The first-order chi connectivity index (χ1) is 13.6. The van der Waals surface area contributed by atoms with Crippen molar-refractivity contribution in [1.29, 1.82) is 0 Å². The molecule has 4 heterocycles. The van der Waals surface area contributed by atoms with Gasteiger partial charge in [0, 0.05) is 37.0 Å². The third-order valence-electron chi connectivity index (χ3n) is 4.99. The third kappa shape index (κ3) is 2.85. The summed E-state index contributed by atoms with van der Waals surface area (Å²) in [6.07, 6.45) is 6.29. The van der Waals surface area contributed by atoms with E-state index in [-0.39, 0.29) is 10.8 Å². The van der Waals surface area contributed by atoms with E-state index in [9.17, 15) is 8.42 Å². The monoisotopic (exact) mass is 396 g/mol. The summed E-state index contributed by atoms with van der Waals surface area (Å²) in [7, 11) is -3.60. The van der Waals surface area contributed by atoms with Crippen LogP contribution in [-0.2, 0) is 10.0 Å². The third-order valence-corrected chi connectivity index (χ3v) is 6.32. The second kappa shape index (κ2) is 6.48. The minimum Gasteiger partial charge on any atom is -0.355 e. The minimum absolute atomic E-state index is 0.114. The van der Waals surface area contributed by atoms with Gasteiger partial charge in [-0.15, -0.1) is 4.40 Å². The van der Waals surface area contributed by atoms with E-state index in [1.54, 1.807) is 36.8 Å². The lowest BCUT2D eigenvalue weighted by molar-refractivity contribution is 0.266. The summed E-state index contributed by atoms with van der Waals surface area (Å²) in [5.41, 5.74) is 1.24. The summed E-state index contributed by atoms with van der Waals surface area (Å²) in [5.74, 6) is 1.63. The van der Waals surface area contributed by atoms with Crippen LogP contribution in [0.4, 0.5) is 0 Å². The Morgan fingerprint density at radius 1 is 1.11 bits per heavy atom. The number of sulfonamides is 1. The molecule has 0 N–H and O–H groups in total. The maximum absolute atomic E-state index is 12.3. The summed E-state index contributed by atoms with van der Waals surface area (Å²) in [4.78, 5) is 14.9. The summed E-state index contributed by atoms with van der Waals surface area (Å²) in [6, 6.07) is 6.94. The zero-order valence-corrected chi connectivity index (χ0v) is 15.6. The molecule has 2 aromatic heterocycles. The molecule has 2 aliphatic heterocycles. The molecule has 1 aromatic carbocycles. The number of benzene rings is 1. The Morgan fingerprint density at radius 2 is 1.93 bits per heavy atom. The van der Waals surface area contributed by atoms with Crippen LogP contribution in [0.5, 0.6) is 0 Å². The lowest BCUT2D eigenvalue weighted by atomic mass is 9.96. The fourth-order valence-electron chi connectivity index (χ4n) is 3.57. The van der Waals surface area contributed by atoms with Crippen LogP contribution in [0.1, 0.15) is 30.2 Å². The lowest BCUT2D eigenvalue weighted by Gasteiger charge is -2.31. The first kappa shape index (κ1) is 17.0. The van der Waals surface area contributed by atoms with Crippen molar-refractivity contribution >= 4 is 15.9 Å². The molecule has 1 saturated heterocycles. The fourth-order valence-corrected chi connectivity index (χ4v) is 4.80. The molecule has 0 radical (unpaired) electrons. The average molecular weight is 396 g/mol. The summed E-state index contributed by atoms with van der Waals surface area (Å²) in [6.45, 7) is 1.33. The van der Waals surface area contributed by atoms with Crippen molar-refractivity contribution in [3.8, 4) is 11.5 Å². The van der Waals surface area contributed by atoms with Gasteiger partial charge < -0.3 is 9.42 Å². The van der Waals surface area contributed by atoms with Crippen LogP contribution in [0.2, 0.25) is 0 Å². The molecule has 0 spiro atoms. The van der Waals surface area contributed by atoms with Gasteiger partial charge in [-0.3, -0.25) is 4.98 Å². The van der Waals surface area contributed by atoms with Crippen LogP contribution in [-0.4, -0.2) is 52.4 Å². The van der Waals surface area contributed by atoms with E-state index >= 15 is 0 Å². The maximum atomic E-state index is 12.3. The number of likely N-dealkylation sites (tertiary alicyclic amines) is 1. The van der Waals surface area contributed by atoms with Gasteiger partial charge in [0.1, 0.15) is 10.6 Å². The highest BCUT2D eigenvalue weighted by Gasteiger charge is 2.34. The topological polar surface area (TPSA) is 114 Å². The molecule has 0 bridgehead atoms. The molecule has 28 heavy (non-hydrogen) atoms. The van der Waals surface area contributed by atoms with Gasteiger partial charge in [0.05, 0.1) is 6.20 Å². The number of hydrogen-bond donors (Lipinski definition) is 0. The number of amidine groups is 1. The van der Waals surface area contributed by atoms with Crippen LogP contribution in [0, 0.1) is 0 Å². The Labute approximate surface area is 161 Å². The van der Waals surface area contributed by atoms with Crippen LogP contribution >= 0.6 is 0 Å². The van der Waals surface area contributed by atoms with Gasteiger partial charge in [-0.2, -0.15) is 13.4 Å². The summed E-state index contributed by atoms with van der Waals surface area (Å²) >= 11 is 0. The molecule has 2 aliphatic rings. The van der Waals surface area contributed by atoms with Gasteiger partial charge in [0.2, 0.25) is 11.7 Å². The fraction of sp³-hybridized carbons (Fsp3) is 0.278. The van der Waals surface area contributed by atoms with Gasteiger partial charge in [-0.05, 0) is 25.0 Å². The highest BCUT2D eigenvalue weighted by Crippen LogP contribution is 2.32. The standard InChI is InChI=1S/C18H16N6O3S/c25-28(26)15-4-2-1-3-13(15)17(23-28)24-9-5-12(6-10-24)18-21-16(22-27-18)14-11-19-7-8-20-14/h1-4,7-8,11-12H,5-6,9-10H2. The van der Waals surface area contributed by atoms with Crippen LogP contribution in [0.3, 0.4) is 0 Å². The number of aromatic nitrogens is 4. The lowest BCUT2D eigenvalue weighted by Crippen LogP contribution is -2.37. The highest BCUT2D eigenvalue weighted by atomic mass is 32.2. The van der Waals surface area contributed by atoms with Gasteiger partial charge >= 0.3 is 0 Å². The minimum atomic E-state index is -3.60. The van der Waals surface area contributed by atoms with Crippen molar-refractivity contribution in [2.24, 2.45) is 4.40 Å². The van der Waals surface area contributed by atoms with Gasteiger partial charge in [0.15, 0.2) is 5.84 Å². The van der Waals surface area contributed by atoms with Crippen LogP contribution < -0.4 is 0 Å². The predicted octanol–water partition coefficient (Wildman–Crippen LogP) is 1.86. The van der Waals surface area contributed by atoms with Crippen molar-refractivity contribution in [2.45, 2.75) is 23.7 Å². The molecule has 0 amide bonds. The van der Waals surface area contributed by atoms with Crippen LogP contribution in [0.25, 0.3) is 11.5 Å². The Morgan fingerprint density at radius 3 is 2.71 bits per heavy atom. The Hall–Kier alpha value is -3.14. The average Bonchev–Trinajstić information content (AvgIpc) is 3.33. The van der Waals surface area contributed by atoms with E-state index in [0.717, 1.165) is 12.8 Å². The van der Waals surface area contributed by atoms with Crippen molar-refractivity contribution in [3.05, 3.63) is 54.3 Å². The van der Waals surface area contributed by atoms with Crippen LogP contribution in [0.15, 0.2) is 56.7 Å². The summed E-state index contributed by atoms with van der Waals surface area (Å²) < 4.78 is 34.0. The zero-order valence-electron chi connectivity index (χ0n) is 14.8. The van der Waals surface area contributed by atoms with E-state index in [4.69, 9.17) is 4.52 Å². The number of nitrogens with zero attached hydrogens (tertiary/aromatic N) is 6. The smallest absolute Gasteiger partial charge is 0.285 e. The van der Waals surface area contributed by atoms with Gasteiger partial charge in [-0.25, -0.2) is 4.98 Å². The highest BCUT2D eigenvalue weighted by molar-refractivity contribution is 7.90. The van der Waals surface area contributed by atoms with Gasteiger partial charge in [-0.1, -0.05) is 17.3 Å². The van der Waals surface area contributed by atoms with Crippen molar-refractivity contribution < 1.29 is 12.9 Å². The SMILES string of the molecule is O=S1(=O)N=C(N2CCC(c3nc(-c4cnccn4)no3)CC2)c2ccccc21. The number of fused-ring (bicyclic) bond motifs is 1. The predicted molar refractivity (Wildman–Crippen MR) is 99.0 cm³/mol.